The van der Waals surface area contributed by atoms with Crippen molar-refractivity contribution in [3.8, 4) is 0 Å². The monoisotopic (exact) mass is 327 g/mol. The van der Waals surface area contributed by atoms with Gasteiger partial charge < -0.3 is 10.4 Å². The summed E-state index contributed by atoms with van der Waals surface area (Å²) >= 11 is 0. The molecule has 1 unspecified atom stereocenters. The third-order valence-electron chi connectivity index (χ3n) is 3.82. The maximum Gasteiger partial charge on any atom is 0.252 e. The molecule has 3 rings (SSSR count). The van der Waals surface area contributed by atoms with Crippen molar-refractivity contribution >= 4 is 16.7 Å². The van der Waals surface area contributed by atoms with Crippen molar-refractivity contribution < 1.29 is 18.7 Å². The first-order valence-corrected chi connectivity index (χ1v) is 7.46. The zero-order valence-electron chi connectivity index (χ0n) is 12.7. The highest BCUT2D eigenvalue weighted by Crippen LogP contribution is 2.21. The molecule has 0 heterocycles. The lowest BCUT2D eigenvalue weighted by atomic mass is 10.0. The van der Waals surface area contributed by atoms with Crippen LogP contribution in [0, 0.1) is 11.6 Å². The van der Waals surface area contributed by atoms with Crippen LogP contribution < -0.4 is 5.32 Å². The molecule has 0 radical (unpaired) electrons. The summed E-state index contributed by atoms with van der Waals surface area (Å²) in [6, 6.07) is 16.0. The largest absolute Gasteiger partial charge is 0.386 e. The van der Waals surface area contributed by atoms with Crippen LogP contribution in [0.1, 0.15) is 22.0 Å². The Morgan fingerprint density at radius 3 is 2.33 bits per heavy atom. The Morgan fingerprint density at radius 2 is 1.58 bits per heavy atom. The van der Waals surface area contributed by atoms with Gasteiger partial charge in [0, 0.05) is 12.1 Å². The number of amides is 1. The van der Waals surface area contributed by atoms with Gasteiger partial charge in [0.25, 0.3) is 5.91 Å². The molecule has 0 saturated carbocycles. The normalized spacial score (nSPS) is 12.1. The van der Waals surface area contributed by atoms with Crippen molar-refractivity contribution in [1.29, 1.82) is 0 Å². The number of aliphatic hydroxyl groups excluding tert-OH is 1. The van der Waals surface area contributed by atoms with E-state index in [-0.39, 0.29) is 6.54 Å². The first-order chi connectivity index (χ1) is 11.6. The Labute approximate surface area is 137 Å². The average molecular weight is 327 g/mol. The van der Waals surface area contributed by atoms with Crippen molar-refractivity contribution in [3.05, 3.63) is 83.4 Å². The number of carbonyl (C=O) groups excluding carboxylic acids is 1. The topological polar surface area (TPSA) is 49.3 Å². The van der Waals surface area contributed by atoms with Crippen LogP contribution in [0.25, 0.3) is 10.8 Å². The molecule has 2 N–H and O–H groups in total. The fourth-order valence-electron chi connectivity index (χ4n) is 2.64. The van der Waals surface area contributed by atoms with Crippen LogP contribution in [-0.4, -0.2) is 17.6 Å². The molecule has 3 nitrogen and oxygen atoms in total. The quantitative estimate of drug-likeness (QED) is 0.769. The Hall–Kier alpha value is -2.79. The van der Waals surface area contributed by atoms with E-state index in [1.807, 2.05) is 30.3 Å². The van der Waals surface area contributed by atoms with E-state index in [1.165, 1.54) is 6.07 Å². The van der Waals surface area contributed by atoms with Gasteiger partial charge >= 0.3 is 0 Å². The van der Waals surface area contributed by atoms with E-state index in [9.17, 15) is 18.7 Å². The summed E-state index contributed by atoms with van der Waals surface area (Å²) in [5.74, 6) is -2.11. The summed E-state index contributed by atoms with van der Waals surface area (Å²) in [7, 11) is 0. The zero-order valence-corrected chi connectivity index (χ0v) is 12.7. The van der Waals surface area contributed by atoms with Gasteiger partial charge in [-0.25, -0.2) is 8.78 Å². The number of halogens is 2. The van der Waals surface area contributed by atoms with Gasteiger partial charge in [-0.2, -0.15) is 0 Å². The summed E-state index contributed by atoms with van der Waals surface area (Å²) in [6.45, 7) is -0.292. The van der Waals surface area contributed by atoms with Gasteiger partial charge in [0.1, 0.15) is 17.7 Å². The predicted octanol–water partition coefficient (Wildman–Crippen LogP) is 3.58. The van der Waals surface area contributed by atoms with Crippen molar-refractivity contribution in [2.24, 2.45) is 0 Å². The molecule has 3 aromatic carbocycles. The molecule has 0 bridgehead atoms. The molecule has 24 heavy (non-hydrogen) atoms. The molecule has 0 saturated heterocycles. The van der Waals surface area contributed by atoms with Crippen LogP contribution in [-0.2, 0) is 0 Å². The molecular weight excluding hydrogens is 312 g/mol. The lowest BCUT2D eigenvalue weighted by Crippen LogP contribution is -2.29. The van der Waals surface area contributed by atoms with E-state index in [4.69, 9.17) is 0 Å². The second kappa shape index (κ2) is 6.76. The maximum atomic E-state index is 13.6. The van der Waals surface area contributed by atoms with Gasteiger partial charge in [-0.15, -0.1) is 0 Å². The summed E-state index contributed by atoms with van der Waals surface area (Å²) in [5.41, 5.74) is -0.00924. The smallest absolute Gasteiger partial charge is 0.252 e. The van der Waals surface area contributed by atoms with Crippen LogP contribution in [0.15, 0.2) is 60.7 Å². The molecule has 0 spiro atoms. The Balaban J connectivity index is 1.78. The lowest BCUT2D eigenvalue weighted by molar-refractivity contribution is 0.0913. The molecule has 5 heteroatoms. The number of aliphatic hydroxyl groups is 1. The molecular formula is C19H15F2NO2. The van der Waals surface area contributed by atoms with Crippen LogP contribution in [0.5, 0.6) is 0 Å². The minimum absolute atomic E-state index is 0.292. The third kappa shape index (κ3) is 3.12. The fraction of sp³-hybridized carbons (Fsp3) is 0.105. The molecule has 0 aliphatic carbocycles. The number of benzene rings is 3. The Kier molecular flexibility index (Phi) is 4.53. The lowest BCUT2D eigenvalue weighted by Gasteiger charge is -2.14. The number of hydrogen-bond donors (Lipinski definition) is 2. The van der Waals surface area contributed by atoms with E-state index in [0.29, 0.717) is 5.56 Å². The predicted molar refractivity (Wildman–Crippen MR) is 87.6 cm³/mol. The van der Waals surface area contributed by atoms with Crippen LogP contribution >= 0.6 is 0 Å². The Morgan fingerprint density at radius 1 is 0.958 bits per heavy atom. The molecule has 3 aromatic rings. The minimum Gasteiger partial charge on any atom is -0.386 e. The highest BCUT2D eigenvalue weighted by molar-refractivity contribution is 6.07. The van der Waals surface area contributed by atoms with Gasteiger partial charge in [-0.1, -0.05) is 42.5 Å². The van der Waals surface area contributed by atoms with Gasteiger partial charge in [-0.3, -0.25) is 4.79 Å². The van der Waals surface area contributed by atoms with E-state index >= 15 is 0 Å². The fourth-order valence-corrected chi connectivity index (χ4v) is 2.64. The number of carbonyl (C=O) groups is 1. The summed E-state index contributed by atoms with van der Waals surface area (Å²) in [4.78, 5) is 12.4. The van der Waals surface area contributed by atoms with E-state index < -0.39 is 29.2 Å². The van der Waals surface area contributed by atoms with E-state index in [2.05, 4.69) is 5.32 Å². The first-order valence-electron chi connectivity index (χ1n) is 7.46. The SMILES string of the molecule is O=C(NCC(O)c1c(F)cccc1F)c1cccc2ccccc12. The maximum absolute atomic E-state index is 13.6. The highest BCUT2D eigenvalue weighted by Gasteiger charge is 2.19. The summed E-state index contributed by atoms with van der Waals surface area (Å²) in [5, 5.41) is 14.2. The molecule has 0 aliphatic rings. The first kappa shape index (κ1) is 16.1. The van der Waals surface area contributed by atoms with Gasteiger partial charge in [0.05, 0.1) is 5.56 Å². The van der Waals surface area contributed by atoms with Gasteiger partial charge in [0.2, 0.25) is 0 Å². The molecule has 0 aromatic heterocycles. The Bertz CT molecular complexity index is 870. The molecule has 0 fully saturated rings. The number of fused-ring (bicyclic) bond motifs is 1. The van der Waals surface area contributed by atoms with Crippen molar-refractivity contribution in [3.63, 3.8) is 0 Å². The third-order valence-corrected chi connectivity index (χ3v) is 3.82. The summed E-state index contributed by atoms with van der Waals surface area (Å²) in [6.07, 6.45) is -1.47. The average Bonchev–Trinajstić information content (AvgIpc) is 2.59. The van der Waals surface area contributed by atoms with Crippen molar-refractivity contribution in [2.45, 2.75) is 6.10 Å². The minimum atomic E-state index is -1.47. The van der Waals surface area contributed by atoms with Gasteiger partial charge in [-0.05, 0) is 29.0 Å². The van der Waals surface area contributed by atoms with Gasteiger partial charge in [0.15, 0.2) is 0 Å². The van der Waals surface area contributed by atoms with Crippen LogP contribution in [0.4, 0.5) is 8.78 Å². The highest BCUT2D eigenvalue weighted by atomic mass is 19.1. The molecule has 1 amide bonds. The molecule has 0 aliphatic heterocycles. The molecule has 122 valence electrons. The standard InChI is InChI=1S/C19H15F2NO2/c20-15-9-4-10-16(21)18(15)17(23)11-22-19(24)14-8-3-6-12-5-1-2-7-13(12)14/h1-10,17,23H,11H2,(H,22,24). The van der Waals surface area contributed by atoms with Crippen molar-refractivity contribution in [1.82, 2.24) is 5.32 Å². The van der Waals surface area contributed by atoms with E-state index in [1.54, 1.807) is 12.1 Å². The number of rotatable bonds is 4. The van der Waals surface area contributed by atoms with Crippen molar-refractivity contribution in [2.75, 3.05) is 6.54 Å². The summed E-state index contributed by atoms with van der Waals surface area (Å²) < 4.78 is 27.3. The second-order valence-corrected chi connectivity index (χ2v) is 5.39. The van der Waals surface area contributed by atoms with Crippen LogP contribution in [0.2, 0.25) is 0 Å². The number of nitrogens with one attached hydrogen (secondary N) is 1. The van der Waals surface area contributed by atoms with E-state index in [0.717, 1.165) is 22.9 Å². The second-order valence-electron chi connectivity index (χ2n) is 5.39. The van der Waals surface area contributed by atoms with Crippen LogP contribution in [0.3, 0.4) is 0 Å². The zero-order chi connectivity index (χ0) is 17.1. The number of hydrogen-bond acceptors (Lipinski definition) is 2. The molecule has 1 atom stereocenters.